The second-order valence-corrected chi connectivity index (χ2v) is 9.89. The minimum atomic E-state index is -1.13. The van der Waals surface area contributed by atoms with Gasteiger partial charge in [-0.1, -0.05) is 32.0 Å². The van der Waals surface area contributed by atoms with Crippen LogP contribution in [0.15, 0.2) is 42.5 Å². The molecule has 188 valence electrons. The predicted molar refractivity (Wildman–Crippen MR) is 134 cm³/mol. The molecule has 1 amide bonds. The quantitative estimate of drug-likeness (QED) is 0.303. The number of nitrogens with one attached hydrogen (secondary N) is 1. The zero-order valence-corrected chi connectivity index (χ0v) is 21.6. The van der Waals surface area contributed by atoms with Crippen LogP contribution in [0.2, 0.25) is 0 Å². The first-order chi connectivity index (χ1) is 16.6. The molecule has 2 aromatic carbocycles. The molecule has 1 heterocycles. The number of rotatable bonds is 11. The molecule has 0 radical (unpaired) electrons. The van der Waals surface area contributed by atoms with Gasteiger partial charge in [-0.2, -0.15) is 0 Å². The summed E-state index contributed by atoms with van der Waals surface area (Å²) in [6.45, 7) is 7.82. The van der Waals surface area contributed by atoms with Crippen molar-refractivity contribution in [3.8, 4) is 11.5 Å². The number of ketones is 2. The molecule has 7 heteroatoms. The third-order valence-corrected chi connectivity index (χ3v) is 6.25. The molecule has 1 saturated heterocycles. The number of Topliss-reactive ketones (excluding diaryl/α,β-unsaturated/α-hetero) is 2. The van der Waals surface area contributed by atoms with E-state index in [1.54, 1.807) is 36.3 Å². The largest absolute Gasteiger partial charge is 0.496 e. The fourth-order valence-corrected chi connectivity index (χ4v) is 4.49. The lowest BCUT2D eigenvalue weighted by Gasteiger charge is -2.28. The molecule has 1 aliphatic heterocycles. The van der Waals surface area contributed by atoms with Crippen LogP contribution in [0.1, 0.15) is 47.8 Å². The Labute approximate surface area is 208 Å². The predicted octanol–water partition coefficient (Wildman–Crippen LogP) is 2.52. The van der Waals surface area contributed by atoms with Crippen LogP contribution < -0.4 is 14.4 Å². The maximum atomic E-state index is 13.8. The van der Waals surface area contributed by atoms with Gasteiger partial charge in [0.05, 0.1) is 40.4 Å². The number of amides is 1. The van der Waals surface area contributed by atoms with Crippen molar-refractivity contribution in [2.24, 2.45) is 11.8 Å². The number of aryl methyl sites for hydroxylation is 1. The first-order valence-electron chi connectivity index (χ1n) is 12.2. The second-order valence-electron chi connectivity index (χ2n) is 9.89. The van der Waals surface area contributed by atoms with Gasteiger partial charge in [-0.3, -0.25) is 14.4 Å². The molecule has 35 heavy (non-hydrogen) atoms. The third kappa shape index (κ3) is 5.90. The molecule has 3 rings (SSSR count). The van der Waals surface area contributed by atoms with Gasteiger partial charge in [0.15, 0.2) is 5.78 Å². The summed E-state index contributed by atoms with van der Waals surface area (Å²) in [6, 6.07) is 11.8. The Morgan fingerprint density at radius 2 is 1.80 bits per heavy atom. The number of hydrogen-bond acceptors (Lipinski definition) is 5. The third-order valence-electron chi connectivity index (χ3n) is 6.25. The van der Waals surface area contributed by atoms with Crippen molar-refractivity contribution in [3.05, 3.63) is 59.2 Å². The van der Waals surface area contributed by atoms with Crippen molar-refractivity contribution < 1.29 is 28.8 Å². The number of benzene rings is 2. The highest BCUT2D eigenvalue weighted by atomic mass is 16.5. The Morgan fingerprint density at radius 3 is 2.43 bits per heavy atom. The van der Waals surface area contributed by atoms with Crippen LogP contribution in [0, 0.1) is 18.8 Å². The molecule has 7 nitrogen and oxygen atoms in total. The van der Waals surface area contributed by atoms with Crippen LogP contribution in [0.4, 0.5) is 0 Å². The van der Waals surface area contributed by atoms with E-state index < -0.39 is 23.7 Å². The first-order valence-corrected chi connectivity index (χ1v) is 12.2. The molecule has 2 unspecified atom stereocenters. The smallest absolute Gasteiger partial charge is 0.291 e. The highest BCUT2D eigenvalue weighted by Gasteiger charge is 2.52. The normalized spacial score (nSPS) is 18.0. The molecule has 1 aliphatic rings. The van der Waals surface area contributed by atoms with Gasteiger partial charge in [0, 0.05) is 24.1 Å². The van der Waals surface area contributed by atoms with Crippen LogP contribution in [0.3, 0.4) is 0 Å². The fraction of sp³-hybridized carbons (Fsp3) is 0.464. The number of para-hydroxylation sites is 1. The van der Waals surface area contributed by atoms with E-state index in [1.165, 1.54) is 4.90 Å². The number of ether oxygens (including phenoxy) is 2. The molecule has 2 atom stereocenters. The lowest BCUT2D eigenvalue weighted by atomic mass is 9.85. The van der Waals surface area contributed by atoms with Gasteiger partial charge in [0.2, 0.25) is 5.78 Å². The Balaban J connectivity index is 1.99. The fourth-order valence-electron chi connectivity index (χ4n) is 4.49. The topological polar surface area (TPSA) is 77.3 Å². The number of hydrogen-bond donors (Lipinski definition) is 1. The molecule has 0 bridgehead atoms. The average molecular weight is 482 g/mol. The Morgan fingerprint density at radius 1 is 1.09 bits per heavy atom. The highest BCUT2D eigenvalue weighted by Crippen LogP contribution is 2.42. The summed E-state index contributed by atoms with van der Waals surface area (Å²) in [4.78, 5) is 43.0. The number of quaternary nitrogens is 1. The van der Waals surface area contributed by atoms with Gasteiger partial charge in [0.25, 0.3) is 5.91 Å². The molecule has 0 spiro atoms. The molecule has 0 aromatic heterocycles. The van der Waals surface area contributed by atoms with Gasteiger partial charge in [-0.15, -0.1) is 0 Å². The van der Waals surface area contributed by atoms with Crippen molar-refractivity contribution in [2.45, 2.75) is 33.2 Å². The summed E-state index contributed by atoms with van der Waals surface area (Å²) >= 11 is 0. The molecule has 1 fully saturated rings. The number of likely N-dealkylation sites (tertiary alicyclic amines) is 1. The zero-order valence-electron chi connectivity index (χ0n) is 21.6. The number of carbonyl (C=O) groups excluding carboxylic acids is 3. The van der Waals surface area contributed by atoms with Crippen molar-refractivity contribution in [1.29, 1.82) is 0 Å². The van der Waals surface area contributed by atoms with E-state index in [0.29, 0.717) is 41.7 Å². The van der Waals surface area contributed by atoms with E-state index in [2.05, 4.69) is 13.8 Å². The minimum absolute atomic E-state index is 0.362. The monoisotopic (exact) mass is 481 g/mol. The summed E-state index contributed by atoms with van der Waals surface area (Å²) in [5.41, 5.74) is 1.87. The SMILES string of the molecule is COc1ccccc1C1C(C(=O)c2ccc(OCC(C)C)c(C)c2)C(=O)C(=O)N1CCC[NH+](C)C. The second kappa shape index (κ2) is 11.5. The van der Waals surface area contributed by atoms with E-state index in [0.717, 1.165) is 18.5 Å². The van der Waals surface area contributed by atoms with E-state index in [1.807, 2.05) is 39.2 Å². The van der Waals surface area contributed by atoms with Crippen molar-refractivity contribution in [3.63, 3.8) is 0 Å². The van der Waals surface area contributed by atoms with Crippen molar-refractivity contribution in [1.82, 2.24) is 4.90 Å². The van der Waals surface area contributed by atoms with E-state index in [-0.39, 0.29) is 5.78 Å². The molecular weight excluding hydrogens is 444 g/mol. The molecular formula is C28H37N2O5+. The Hall–Kier alpha value is -3.19. The number of carbonyl (C=O) groups is 3. The van der Waals surface area contributed by atoms with Gasteiger partial charge in [-0.05, 0) is 42.7 Å². The average Bonchev–Trinajstić information content (AvgIpc) is 3.07. The van der Waals surface area contributed by atoms with E-state index in [9.17, 15) is 14.4 Å². The van der Waals surface area contributed by atoms with Crippen LogP contribution in [0.25, 0.3) is 0 Å². The van der Waals surface area contributed by atoms with Crippen molar-refractivity contribution >= 4 is 17.5 Å². The summed E-state index contributed by atoms with van der Waals surface area (Å²) in [6.07, 6.45) is 0.717. The summed E-state index contributed by atoms with van der Waals surface area (Å²) < 4.78 is 11.4. The number of methoxy groups -OCH3 is 1. The summed E-state index contributed by atoms with van der Waals surface area (Å²) in [5.74, 6) is -1.14. The van der Waals surface area contributed by atoms with Crippen LogP contribution in [-0.4, -0.2) is 63.3 Å². The van der Waals surface area contributed by atoms with Crippen molar-refractivity contribution in [2.75, 3.05) is 40.9 Å². The zero-order chi connectivity index (χ0) is 25.7. The Bertz CT molecular complexity index is 1080. The lowest BCUT2D eigenvalue weighted by Crippen LogP contribution is -3.05. The van der Waals surface area contributed by atoms with Gasteiger partial charge >= 0.3 is 0 Å². The highest BCUT2D eigenvalue weighted by molar-refractivity contribution is 6.44. The van der Waals surface area contributed by atoms with Crippen LogP contribution in [0.5, 0.6) is 11.5 Å². The first kappa shape index (κ1) is 26.4. The van der Waals surface area contributed by atoms with Gasteiger partial charge < -0.3 is 19.3 Å². The summed E-state index contributed by atoms with van der Waals surface area (Å²) in [7, 11) is 5.63. The van der Waals surface area contributed by atoms with E-state index >= 15 is 0 Å². The standard InChI is InChI=1S/C28H36N2O5/c1-18(2)17-35-22-13-12-20(16-19(22)3)26(31)24-25(21-10-7-8-11-23(21)34-6)30(28(33)27(24)32)15-9-14-29(4)5/h7-8,10-13,16,18,24-25H,9,14-15,17H2,1-6H3/p+1. The van der Waals surface area contributed by atoms with Gasteiger partial charge in [0.1, 0.15) is 17.4 Å². The molecule has 1 N–H and O–H groups in total. The lowest BCUT2D eigenvalue weighted by molar-refractivity contribution is -0.858. The minimum Gasteiger partial charge on any atom is -0.496 e. The maximum Gasteiger partial charge on any atom is 0.291 e. The summed E-state index contributed by atoms with van der Waals surface area (Å²) in [5, 5.41) is 0. The maximum absolute atomic E-state index is 13.8. The van der Waals surface area contributed by atoms with Gasteiger partial charge in [-0.25, -0.2) is 0 Å². The van der Waals surface area contributed by atoms with E-state index in [4.69, 9.17) is 9.47 Å². The Kier molecular flexibility index (Phi) is 8.67. The number of nitrogens with zero attached hydrogens (tertiary/aromatic N) is 1. The van der Waals surface area contributed by atoms with Crippen LogP contribution >= 0.6 is 0 Å². The van der Waals surface area contributed by atoms with Crippen LogP contribution in [-0.2, 0) is 9.59 Å². The molecule has 0 aliphatic carbocycles. The molecule has 2 aromatic rings. The molecule has 0 saturated carbocycles.